The molecule has 0 saturated heterocycles. The zero-order valence-electron chi connectivity index (χ0n) is 4.54. The van der Waals surface area contributed by atoms with Gasteiger partial charge in [0.2, 0.25) is 0 Å². The van der Waals surface area contributed by atoms with E-state index in [0.717, 1.165) is 11.4 Å². The summed E-state index contributed by atoms with van der Waals surface area (Å²) in [6.07, 6.45) is 3.67. The molecule has 0 aromatic carbocycles. The van der Waals surface area contributed by atoms with Gasteiger partial charge in [0.25, 0.3) is 0 Å². The summed E-state index contributed by atoms with van der Waals surface area (Å²) in [6, 6.07) is 1.90. The Kier molecular flexibility index (Phi) is 1.22. The van der Waals surface area contributed by atoms with Crippen molar-refractivity contribution in [2.24, 2.45) is 3.15 Å². The fourth-order valence-electron chi connectivity index (χ4n) is 0.675. The van der Waals surface area contributed by atoms with Gasteiger partial charge in [0.1, 0.15) is 5.69 Å². The third kappa shape index (κ3) is 0.849. The van der Waals surface area contributed by atoms with E-state index in [0.29, 0.717) is 0 Å². The lowest BCUT2D eigenvalue weighted by Gasteiger charge is -1.90. The van der Waals surface area contributed by atoms with Gasteiger partial charge in [-0.15, -0.1) is 0 Å². The smallest absolute Gasteiger partial charge is 0.153 e. The number of hydrogen-bond donors (Lipinski definition) is 0. The first-order valence-electron chi connectivity index (χ1n) is 2.54. The predicted octanol–water partition coefficient (Wildman–Crippen LogP) is 3.05. The van der Waals surface area contributed by atoms with E-state index in [1.165, 1.54) is 0 Å². The topological polar surface area (TPSA) is 25.5 Å². The second-order valence-electron chi connectivity index (χ2n) is 1.64. The normalized spacial score (nSPS) is 14.7. The Bertz CT molecular complexity index is 248. The molecule has 1 aliphatic rings. The molecule has 2 heterocycles. The Balaban J connectivity index is 2.68. The van der Waals surface area contributed by atoms with Gasteiger partial charge in [-0.25, -0.2) is 3.15 Å². The standard InChI is InChI=1S/C6H4INO/c1-3-7-8-5-2-4-9-6(1)5/h1-4H. The van der Waals surface area contributed by atoms with Gasteiger partial charge in [0.15, 0.2) is 5.76 Å². The van der Waals surface area contributed by atoms with Crippen molar-refractivity contribution in [1.82, 2.24) is 0 Å². The highest BCUT2D eigenvalue weighted by Gasteiger charge is 2.01. The Labute approximate surface area is 62.7 Å². The van der Waals surface area contributed by atoms with Crippen LogP contribution in [0.15, 0.2) is 24.0 Å². The van der Waals surface area contributed by atoms with Gasteiger partial charge < -0.3 is 4.42 Å². The van der Waals surface area contributed by atoms with E-state index in [9.17, 15) is 0 Å². The molecule has 9 heavy (non-hydrogen) atoms. The second kappa shape index (κ2) is 2.06. The Hall–Kier alpha value is -0.450. The predicted molar refractivity (Wildman–Crippen MR) is 43.9 cm³/mol. The highest BCUT2D eigenvalue weighted by Crippen LogP contribution is 2.30. The molecule has 0 amide bonds. The summed E-state index contributed by atoms with van der Waals surface area (Å²) in [7, 11) is 0. The Morgan fingerprint density at radius 1 is 1.56 bits per heavy atom. The van der Waals surface area contributed by atoms with Crippen LogP contribution >= 0.6 is 21.0 Å². The van der Waals surface area contributed by atoms with Crippen molar-refractivity contribution >= 4 is 32.8 Å². The minimum atomic E-state index is -0.0637. The number of rotatable bonds is 0. The van der Waals surface area contributed by atoms with Crippen molar-refractivity contribution in [3.8, 4) is 0 Å². The first-order chi connectivity index (χ1) is 4.47. The van der Waals surface area contributed by atoms with Crippen molar-refractivity contribution in [3.05, 3.63) is 22.2 Å². The van der Waals surface area contributed by atoms with Crippen LogP contribution in [0, 0.1) is 0 Å². The number of furan rings is 1. The summed E-state index contributed by atoms with van der Waals surface area (Å²) in [4.78, 5) is 0. The van der Waals surface area contributed by atoms with Crippen molar-refractivity contribution in [1.29, 1.82) is 0 Å². The summed E-state index contributed by atoms with van der Waals surface area (Å²) >= 11 is -0.0637. The molecule has 0 radical (unpaired) electrons. The van der Waals surface area contributed by atoms with Gasteiger partial charge in [0.05, 0.1) is 6.26 Å². The molecule has 0 N–H and O–H groups in total. The van der Waals surface area contributed by atoms with Gasteiger partial charge in [-0.05, 0) is 10.2 Å². The van der Waals surface area contributed by atoms with E-state index in [2.05, 4.69) is 7.23 Å². The lowest BCUT2D eigenvalue weighted by Crippen LogP contribution is -1.63. The summed E-state index contributed by atoms with van der Waals surface area (Å²) < 4.78 is 11.5. The van der Waals surface area contributed by atoms with Crippen LogP contribution in [0.25, 0.3) is 6.08 Å². The SMILES string of the molecule is C1=Cc2occc2N=I1. The molecule has 0 aliphatic carbocycles. The van der Waals surface area contributed by atoms with Crippen LogP contribution in [-0.2, 0) is 0 Å². The molecule has 2 rings (SSSR count). The molecule has 0 spiro atoms. The molecule has 0 atom stereocenters. The molecular weight excluding hydrogens is 229 g/mol. The summed E-state index contributed by atoms with van der Waals surface area (Å²) in [6.45, 7) is 0. The summed E-state index contributed by atoms with van der Waals surface area (Å²) in [5.74, 6) is 0.904. The minimum Gasteiger partial charge on any atom is -0.463 e. The third-order valence-corrected chi connectivity index (χ3v) is 2.56. The molecule has 1 aromatic heterocycles. The fraction of sp³-hybridized carbons (Fsp3) is 0. The molecule has 2 nitrogen and oxygen atoms in total. The first-order valence-corrected chi connectivity index (χ1v) is 4.76. The average Bonchev–Trinajstić information content (AvgIpc) is 2.33. The molecule has 0 unspecified atom stereocenters. The van der Waals surface area contributed by atoms with E-state index in [4.69, 9.17) is 4.42 Å². The van der Waals surface area contributed by atoms with Crippen molar-refractivity contribution in [2.45, 2.75) is 0 Å². The molecule has 0 saturated carbocycles. The van der Waals surface area contributed by atoms with Gasteiger partial charge in [-0.3, -0.25) is 0 Å². The lowest BCUT2D eigenvalue weighted by molar-refractivity contribution is 0.558. The van der Waals surface area contributed by atoms with E-state index < -0.39 is 0 Å². The van der Waals surface area contributed by atoms with Crippen LogP contribution in [0.4, 0.5) is 5.69 Å². The molecule has 46 valence electrons. The first kappa shape index (κ1) is 5.34. The molecule has 3 heteroatoms. The zero-order chi connectivity index (χ0) is 6.10. The summed E-state index contributed by atoms with van der Waals surface area (Å²) in [5, 5.41) is 0. The second-order valence-corrected chi connectivity index (χ2v) is 3.40. The molecule has 1 aliphatic heterocycles. The third-order valence-electron chi connectivity index (χ3n) is 1.08. The van der Waals surface area contributed by atoms with Crippen LogP contribution < -0.4 is 0 Å². The number of halogens is 1. The number of hydrogen-bond acceptors (Lipinski definition) is 2. The highest BCUT2D eigenvalue weighted by atomic mass is 127. The quantitative estimate of drug-likeness (QED) is 0.632. The van der Waals surface area contributed by atoms with E-state index in [-0.39, 0.29) is 21.0 Å². The van der Waals surface area contributed by atoms with Crippen LogP contribution in [0.5, 0.6) is 0 Å². The lowest BCUT2D eigenvalue weighted by atomic mass is 10.4. The highest BCUT2D eigenvalue weighted by molar-refractivity contribution is 14.2. The maximum Gasteiger partial charge on any atom is 0.153 e. The average molecular weight is 233 g/mol. The van der Waals surface area contributed by atoms with Crippen LogP contribution in [0.2, 0.25) is 0 Å². The Morgan fingerprint density at radius 3 is 3.44 bits per heavy atom. The molecule has 0 bridgehead atoms. The van der Waals surface area contributed by atoms with E-state index in [1.54, 1.807) is 6.26 Å². The van der Waals surface area contributed by atoms with Crippen LogP contribution in [0.3, 0.4) is 0 Å². The van der Waals surface area contributed by atoms with Gasteiger partial charge in [-0.2, -0.15) is 0 Å². The minimum absolute atomic E-state index is 0.0637. The van der Waals surface area contributed by atoms with Gasteiger partial charge >= 0.3 is 0 Å². The van der Waals surface area contributed by atoms with Crippen LogP contribution in [-0.4, -0.2) is 0 Å². The summed E-state index contributed by atoms with van der Waals surface area (Å²) in [5.41, 5.74) is 1.02. The maximum atomic E-state index is 5.09. The van der Waals surface area contributed by atoms with Gasteiger partial charge in [0, 0.05) is 27.1 Å². The largest absolute Gasteiger partial charge is 0.463 e. The molecular formula is C6H4INO. The number of fused-ring (bicyclic) bond motifs is 1. The van der Waals surface area contributed by atoms with Gasteiger partial charge in [-0.1, -0.05) is 0 Å². The van der Waals surface area contributed by atoms with Crippen molar-refractivity contribution < 1.29 is 4.42 Å². The Morgan fingerprint density at radius 2 is 2.56 bits per heavy atom. The zero-order valence-corrected chi connectivity index (χ0v) is 6.70. The van der Waals surface area contributed by atoms with Crippen molar-refractivity contribution in [3.63, 3.8) is 0 Å². The number of nitrogens with zero attached hydrogens (tertiary/aromatic N) is 1. The van der Waals surface area contributed by atoms with E-state index >= 15 is 0 Å². The maximum absolute atomic E-state index is 5.09. The monoisotopic (exact) mass is 233 g/mol. The van der Waals surface area contributed by atoms with Crippen LogP contribution in [0.1, 0.15) is 5.76 Å². The fourth-order valence-corrected chi connectivity index (χ4v) is 2.02. The molecule has 1 aromatic rings. The molecule has 0 fully saturated rings. The van der Waals surface area contributed by atoms with Crippen molar-refractivity contribution in [2.75, 3.05) is 0 Å². The van der Waals surface area contributed by atoms with E-state index in [1.807, 2.05) is 12.1 Å².